The first kappa shape index (κ1) is 12.4. The van der Waals surface area contributed by atoms with Crippen LogP contribution in [0.3, 0.4) is 0 Å². The summed E-state index contributed by atoms with van der Waals surface area (Å²) in [6.45, 7) is 4.43. The highest BCUT2D eigenvalue weighted by molar-refractivity contribution is 5.33. The highest BCUT2D eigenvalue weighted by Gasteiger charge is 2.31. The van der Waals surface area contributed by atoms with Gasteiger partial charge < -0.3 is 15.2 Å². The van der Waals surface area contributed by atoms with Crippen LogP contribution >= 0.6 is 0 Å². The molecule has 2 rings (SSSR count). The number of hydrogen-bond acceptors (Lipinski definition) is 3. The van der Waals surface area contributed by atoms with Crippen molar-refractivity contribution < 1.29 is 9.84 Å². The van der Waals surface area contributed by atoms with Gasteiger partial charge >= 0.3 is 0 Å². The highest BCUT2D eigenvalue weighted by Crippen LogP contribution is 2.30. The molecular formula is C14H21NO2. The Balaban J connectivity index is 2.14. The largest absolute Gasteiger partial charge is 0.494 e. The molecule has 0 aromatic heterocycles. The number of β-amino-alcohol motifs (C(OH)–C–C–N with tert-alkyl or cyclic N) is 1. The zero-order valence-corrected chi connectivity index (χ0v) is 10.4. The molecule has 1 aromatic carbocycles. The summed E-state index contributed by atoms with van der Waals surface area (Å²) < 4.78 is 5.60. The molecule has 0 radical (unpaired) electrons. The van der Waals surface area contributed by atoms with Gasteiger partial charge in [0.05, 0.1) is 6.61 Å². The lowest BCUT2D eigenvalue weighted by atomic mass is 9.86. The fraction of sp³-hybridized carbons (Fsp3) is 0.571. The van der Waals surface area contributed by atoms with Crippen molar-refractivity contribution >= 4 is 0 Å². The van der Waals surface area contributed by atoms with Crippen molar-refractivity contribution in [3.8, 4) is 5.75 Å². The van der Waals surface area contributed by atoms with Gasteiger partial charge in [0.25, 0.3) is 0 Å². The molecular weight excluding hydrogens is 214 g/mol. The summed E-state index contributed by atoms with van der Waals surface area (Å²) in [5.74, 6) is 0.850. The Hall–Kier alpha value is -1.06. The average molecular weight is 235 g/mol. The first-order valence-electron chi connectivity index (χ1n) is 6.41. The van der Waals surface area contributed by atoms with E-state index in [9.17, 15) is 5.11 Å². The fourth-order valence-corrected chi connectivity index (χ4v) is 2.23. The third-order valence-corrected chi connectivity index (χ3v) is 3.21. The van der Waals surface area contributed by atoms with Crippen molar-refractivity contribution in [2.45, 2.75) is 31.8 Å². The lowest BCUT2D eigenvalue weighted by molar-refractivity contribution is 0.0121. The lowest BCUT2D eigenvalue weighted by Gasteiger charge is -2.33. The SMILES string of the molecule is CCCOc1cccc(C2(O)CCCNC2)c1. The van der Waals surface area contributed by atoms with E-state index in [1.54, 1.807) is 0 Å². The molecule has 0 aliphatic carbocycles. The van der Waals surface area contributed by atoms with Gasteiger partial charge in [0.1, 0.15) is 11.4 Å². The molecule has 17 heavy (non-hydrogen) atoms. The molecule has 1 saturated heterocycles. The van der Waals surface area contributed by atoms with Crippen LogP contribution in [0.1, 0.15) is 31.7 Å². The van der Waals surface area contributed by atoms with Crippen LogP contribution in [-0.4, -0.2) is 24.8 Å². The summed E-state index contributed by atoms with van der Waals surface area (Å²) in [7, 11) is 0. The molecule has 0 amide bonds. The van der Waals surface area contributed by atoms with Crippen LogP contribution in [0, 0.1) is 0 Å². The molecule has 3 nitrogen and oxygen atoms in total. The number of benzene rings is 1. The number of nitrogens with one attached hydrogen (secondary N) is 1. The smallest absolute Gasteiger partial charge is 0.119 e. The van der Waals surface area contributed by atoms with Gasteiger partial charge in [-0.15, -0.1) is 0 Å². The summed E-state index contributed by atoms with van der Waals surface area (Å²) in [6, 6.07) is 7.83. The summed E-state index contributed by atoms with van der Waals surface area (Å²) in [5, 5.41) is 13.8. The zero-order valence-electron chi connectivity index (χ0n) is 10.4. The minimum absolute atomic E-state index is 0.629. The molecule has 1 atom stereocenters. The molecule has 1 aliphatic rings. The summed E-state index contributed by atoms with van der Waals surface area (Å²) in [6.07, 6.45) is 2.82. The van der Waals surface area contributed by atoms with Crippen LogP contribution < -0.4 is 10.1 Å². The average Bonchev–Trinajstić information content (AvgIpc) is 2.38. The molecule has 0 bridgehead atoms. The molecule has 1 heterocycles. The van der Waals surface area contributed by atoms with E-state index in [0.717, 1.165) is 43.7 Å². The van der Waals surface area contributed by atoms with Crippen molar-refractivity contribution in [1.29, 1.82) is 0 Å². The topological polar surface area (TPSA) is 41.5 Å². The number of ether oxygens (including phenoxy) is 1. The monoisotopic (exact) mass is 235 g/mol. The predicted octanol–water partition coefficient (Wildman–Crippen LogP) is 2.05. The second-order valence-corrected chi connectivity index (χ2v) is 4.69. The number of hydrogen-bond donors (Lipinski definition) is 2. The first-order valence-corrected chi connectivity index (χ1v) is 6.41. The highest BCUT2D eigenvalue weighted by atomic mass is 16.5. The van der Waals surface area contributed by atoms with E-state index in [4.69, 9.17) is 4.74 Å². The van der Waals surface area contributed by atoms with Crippen molar-refractivity contribution in [2.75, 3.05) is 19.7 Å². The molecule has 1 fully saturated rings. The minimum atomic E-state index is -0.732. The lowest BCUT2D eigenvalue weighted by Crippen LogP contribution is -2.43. The van der Waals surface area contributed by atoms with Gasteiger partial charge in [-0.1, -0.05) is 19.1 Å². The summed E-state index contributed by atoms with van der Waals surface area (Å²) in [4.78, 5) is 0. The maximum absolute atomic E-state index is 10.6. The Morgan fingerprint density at radius 3 is 3.06 bits per heavy atom. The van der Waals surface area contributed by atoms with Gasteiger partial charge in [-0.2, -0.15) is 0 Å². The van der Waals surface area contributed by atoms with Crippen molar-refractivity contribution in [3.63, 3.8) is 0 Å². The quantitative estimate of drug-likeness (QED) is 0.839. The minimum Gasteiger partial charge on any atom is -0.494 e. The van der Waals surface area contributed by atoms with Crippen molar-refractivity contribution in [2.24, 2.45) is 0 Å². The van der Waals surface area contributed by atoms with Crippen LogP contribution in [0.4, 0.5) is 0 Å². The zero-order chi connectivity index (χ0) is 12.1. The maximum Gasteiger partial charge on any atom is 0.119 e. The van der Waals surface area contributed by atoms with E-state index in [-0.39, 0.29) is 0 Å². The number of piperidine rings is 1. The van der Waals surface area contributed by atoms with E-state index in [1.807, 2.05) is 24.3 Å². The maximum atomic E-state index is 10.6. The van der Waals surface area contributed by atoms with E-state index >= 15 is 0 Å². The van der Waals surface area contributed by atoms with E-state index < -0.39 is 5.60 Å². The second-order valence-electron chi connectivity index (χ2n) is 4.69. The normalized spacial score (nSPS) is 24.6. The Morgan fingerprint density at radius 1 is 1.47 bits per heavy atom. The summed E-state index contributed by atoms with van der Waals surface area (Å²) in [5.41, 5.74) is 0.224. The van der Waals surface area contributed by atoms with Gasteiger partial charge in [0.2, 0.25) is 0 Å². The van der Waals surface area contributed by atoms with Gasteiger partial charge in [0.15, 0.2) is 0 Å². The van der Waals surface area contributed by atoms with Crippen LogP contribution in [0.5, 0.6) is 5.75 Å². The van der Waals surface area contributed by atoms with Gasteiger partial charge in [-0.25, -0.2) is 0 Å². The van der Waals surface area contributed by atoms with Crippen LogP contribution in [0.15, 0.2) is 24.3 Å². The van der Waals surface area contributed by atoms with Crippen LogP contribution in [-0.2, 0) is 5.60 Å². The Bertz CT molecular complexity index is 359. The van der Waals surface area contributed by atoms with Crippen LogP contribution in [0.25, 0.3) is 0 Å². The van der Waals surface area contributed by atoms with E-state index in [0.29, 0.717) is 6.54 Å². The van der Waals surface area contributed by atoms with E-state index in [2.05, 4.69) is 12.2 Å². The summed E-state index contributed by atoms with van der Waals surface area (Å²) >= 11 is 0. The standard InChI is InChI=1S/C14H21NO2/c1-2-9-17-13-6-3-5-12(10-13)14(16)7-4-8-15-11-14/h3,5-6,10,15-16H,2,4,7-9,11H2,1H3. The molecule has 94 valence electrons. The Labute approximate surface area is 103 Å². The number of rotatable bonds is 4. The van der Waals surface area contributed by atoms with E-state index in [1.165, 1.54) is 0 Å². The molecule has 0 spiro atoms. The molecule has 2 N–H and O–H groups in total. The third kappa shape index (κ3) is 2.99. The third-order valence-electron chi connectivity index (χ3n) is 3.21. The molecule has 1 aromatic rings. The fourth-order valence-electron chi connectivity index (χ4n) is 2.23. The van der Waals surface area contributed by atoms with Crippen molar-refractivity contribution in [1.82, 2.24) is 5.32 Å². The second kappa shape index (κ2) is 5.52. The Morgan fingerprint density at radius 2 is 2.35 bits per heavy atom. The van der Waals surface area contributed by atoms with Gasteiger partial charge in [0, 0.05) is 6.54 Å². The molecule has 1 aliphatic heterocycles. The number of aliphatic hydroxyl groups is 1. The Kier molecular flexibility index (Phi) is 4.02. The first-order chi connectivity index (χ1) is 8.24. The van der Waals surface area contributed by atoms with Crippen LogP contribution in [0.2, 0.25) is 0 Å². The molecule has 3 heteroatoms. The van der Waals surface area contributed by atoms with Gasteiger partial charge in [-0.3, -0.25) is 0 Å². The predicted molar refractivity (Wildman–Crippen MR) is 68.2 cm³/mol. The van der Waals surface area contributed by atoms with Crippen molar-refractivity contribution in [3.05, 3.63) is 29.8 Å². The molecule has 0 saturated carbocycles. The van der Waals surface area contributed by atoms with Gasteiger partial charge in [-0.05, 0) is 43.5 Å². The molecule has 1 unspecified atom stereocenters.